The molecule has 4 aromatic rings. The summed E-state index contributed by atoms with van der Waals surface area (Å²) < 4.78 is 1.77. The number of pyridine rings is 1. The number of hydrogen-bond donors (Lipinski definition) is 1. The fourth-order valence-corrected chi connectivity index (χ4v) is 3.15. The first-order valence-corrected chi connectivity index (χ1v) is 8.54. The number of carboxylic acids is 1. The molecule has 2 aromatic heterocycles. The molecule has 0 atom stereocenters. The SMILES string of the molecule is Cc1c(-c2ccccc2)nn(-c2cncc(C(=O)O)c2)c1-c1ccccc1. The van der Waals surface area contributed by atoms with Crippen molar-refractivity contribution in [3.8, 4) is 28.2 Å². The quantitative estimate of drug-likeness (QED) is 0.580. The maximum Gasteiger partial charge on any atom is 0.337 e. The lowest BCUT2D eigenvalue weighted by atomic mass is 10.0. The zero-order chi connectivity index (χ0) is 18.8. The van der Waals surface area contributed by atoms with Gasteiger partial charge in [-0.2, -0.15) is 5.10 Å². The lowest BCUT2D eigenvalue weighted by Gasteiger charge is -2.09. The lowest BCUT2D eigenvalue weighted by molar-refractivity contribution is 0.0696. The highest BCUT2D eigenvalue weighted by atomic mass is 16.4. The molecular formula is C22H17N3O2. The Balaban J connectivity index is 1.98. The number of carbonyl (C=O) groups is 1. The second-order valence-electron chi connectivity index (χ2n) is 6.20. The van der Waals surface area contributed by atoms with Crippen LogP contribution in [0.1, 0.15) is 15.9 Å². The molecular weight excluding hydrogens is 338 g/mol. The van der Waals surface area contributed by atoms with E-state index in [2.05, 4.69) is 4.98 Å². The molecule has 0 fully saturated rings. The summed E-state index contributed by atoms with van der Waals surface area (Å²) in [6.07, 6.45) is 2.96. The van der Waals surface area contributed by atoms with Gasteiger partial charge in [0.1, 0.15) is 0 Å². The standard InChI is InChI=1S/C22H17N3O2/c1-15-20(16-8-4-2-5-9-16)24-25(21(15)17-10-6-3-7-11-17)19-12-18(22(26)27)13-23-14-19/h2-14H,1H3,(H,26,27). The lowest BCUT2D eigenvalue weighted by Crippen LogP contribution is -2.04. The van der Waals surface area contributed by atoms with Crippen molar-refractivity contribution in [2.45, 2.75) is 6.92 Å². The van der Waals surface area contributed by atoms with Crippen molar-refractivity contribution in [3.05, 3.63) is 90.3 Å². The monoisotopic (exact) mass is 355 g/mol. The van der Waals surface area contributed by atoms with E-state index in [4.69, 9.17) is 5.10 Å². The van der Waals surface area contributed by atoms with E-state index in [1.807, 2.05) is 67.6 Å². The van der Waals surface area contributed by atoms with Crippen LogP contribution in [0, 0.1) is 6.92 Å². The van der Waals surface area contributed by atoms with E-state index in [0.29, 0.717) is 5.69 Å². The highest BCUT2D eigenvalue weighted by molar-refractivity contribution is 5.88. The van der Waals surface area contributed by atoms with Crippen molar-refractivity contribution in [1.29, 1.82) is 0 Å². The van der Waals surface area contributed by atoms with Gasteiger partial charge in [-0.25, -0.2) is 9.48 Å². The van der Waals surface area contributed by atoms with Crippen LogP contribution in [0.25, 0.3) is 28.2 Å². The zero-order valence-corrected chi connectivity index (χ0v) is 14.7. The average Bonchev–Trinajstić information content (AvgIpc) is 3.06. The van der Waals surface area contributed by atoms with Gasteiger partial charge in [0.05, 0.1) is 28.8 Å². The first kappa shape index (κ1) is 16.7. The molecule has 0 amide bonds. The van der Waals surface area contributed by atoms with Crippen molar-refractivity contribution in [2.24, 2.45) is 0 Å². The normalized spacial score (nSPS) is 10.7. The van der Waals surface area contributed by atoms with Crippen LogP contribution in [0.3, 0.4) is 0 Å². The molecule has 132 valence electrons. The van der Waals surface area contributed by atoms with E-state index in [0.717, 1.165) is 28.1 Å². The minimum atomic E-state index is -1.02. The molecule has 5 heteroatoms. The summed E-state index contributed by atoms with van der Waals surface area (Å²) in [5.74, 6) is -1.02. The van der Waals surface area contributed by atoms with Gasteiger partial charge >= 0.3 is 5.97 Å². The number of nitrogens with zero attached hydrogens (tertiary/aromatic N) is 3. The average molecular weight is 355 g/mol. The molecule has 4 rings (SSSR count). The van der Waals surface area contributed by atoms with Crippen LogP contribution in [0.2, 0.25) is 0 Å². The molecule has 27 heavy (non-hydrogen) atoms. The van der Waals surface area contributed by atoms with Crippen molar-refractivity contribution in [2.75, 3.05) is 0 Å². The Morgan fingerprint density at radius 1 is 0.926 bits per heavy atom. The molecule has 1 N–H and O–H groups in total. The molecule has 2 heterocycles. The molecule has 0 unspecified atom stereocenters. The summed E-state index contributed by atoms with van der Waals surface area (Å²) in [4.78, 5) is 15.5. The van der Waals surface area contributed by atoms with Crippen LogP contribution >= 0.6 is 0 Å². The van der Waals surface area contributed by atoms with Crippen molar-refractivity contribution in [3.63, 3.8) is 0 Å². The van der Waals surface area contributed by atoms with Gasteiger partial charge in [-0.05, 0) is 13.0 Å². The highest BCUT2D eigenvalue weighted by Gasteiger charge is 2.19. The maximum atomic E-state index is 11.4. The minimum Gasteiger partial charge on any atom is -0.478 e. The van der Waals surface area contributed by atoms with Crippen LogP contribution in [-0.4, -0.2) is 25.8 Å². The second-order valence-corrected chi connectivity index (χ2v) is 6.20. The molecule has 5 nitrogen and oxygen atoms in total. The first-order chi connectivity index (χ1) is 13.1. The van der Waals surface area contributed by atoms with Crippen LogP contribution in [0.15, 0.2) is 79.1 Å². The Bertz CT molecular complexity index is 1100. The molecule has 0 aliphatic heterocycles. The van der Waals surface area contributed by atoms with E-state index < -0.39 is 5.97 Å². The Morgan fingerprint density at radius 3 is 2.19 bits per heavy atom. The number of aromatic carboxylic acids is 1. The number of rotatable bonds is 4. The number of benzene rings is 2. The van der Waals surface area contributed by atoms with Gasteiger partial charge in [0.15, 0.2) is 0 Å². The molecule has 0 aliphatic rings. The largest absolute Gasteiger partial charge is 0.478 e. The predicted octanol–water partition coefficient (Wildman–Crippen LogP) is 4.61. The summed E-state index contributed by atoms with van der Waals surface area (Å²) in [5.41, 5.74) is 5.54. The van der Waals surface area contributed by atoms with E-state index in [-0.39, 0.29) is 5.56 Å². The Hall–Kier alpha value is -3.73. The highest BCUT2D eigenvalue weighted by Crippen LogP contribution is 2.33. The number of aromatic nitrogens is 3. The van der Waals surface area contributed by atoms with Crippen LogP contribution in [0.4, 0.5) is 0 Å². The summed E-state index contributed by atoms with van der Waals surface area (Å²) in [7, 11) is 0. The van der Waals surface area contributed by atoms with Gasteiger partial charge in [-0.15, -0.1) is 0 Å². The predicted molar refractivity (Wildman–Crippen MR) is 104 cm³/mol. The third kappa shape index (κ3) is 3.11. The Kier molecular flexibility index (Phi) is 4.26. The molecule has 0 radical (unpaired) electrons. The maximum absolute atomic E-state index is 11.4. The fraction of sp³-hybridized carbons (Fsp3) is 0.0455. The van der Waals surface area contributed by atoms with Gasteiger partial charge in [0.25, 0.3) is 0 Å². The Labute approximate surface area is 156 Å². The summed E-state index contributed by atoms with van der Waals surface area (Å²) in [5, 5.41) is 14.1. The van der Waals surface area contributed by atoms with Gasteiger partial charge in [0, 0.05) is 22.9 Å². The number of carboxylic acid groups (broad SMARTS) is 1. The zero-order valence-electron chi connectivity index (χ0n) is 14.7. The number of hydrogen-bond acceptors (Lipinski definition) is 3. The molecule has 0 aliphatic carbocycles. The van der Waals surface area contributed by atoms with Gasteiger partial charge in [0.2, 0.25) is 0 Å². The van der Waals surface area contributed by atoms with Crippen LogP contribution in [0.5, 0.6) is 0 Å². The molecule has 0 bridgehead atoms. The van der Waals surface area contributed by atoms with E-state index in [1.165, 1.54) is 6.20 Å². The smallest absolute Gasteiger partial charge is 0.337 e. The van der Waals surface area contributed by atoms with Gasteiger partial charge < -0.3 is 5.11 Å². The first-order valence-electron chi connectivity index (χ1n) is 8.54. The topological polar surface area (TPSA) is 68.0 Å². The molecule has 0 saturated heterocycles. The van der Waals surface area contributed by atoms with Crippen molar-refractivity contribution >= 4 is 5.97 Å². The van der Waals surface area contributed by atoms with Gasteiger partial charge in [-0.1, -0.05) is 60.7 Å². The van der Waals surface area contributed by atoms with Crippen LogP contribution in [-0.2, 0) is 0 Å². The molecule has 2 aromatic carbocycles. The van der Waals surface area contributed by atoms with E-state index in [9.17, 15) is 9.90 Å². The third-order valence-electron chi connectivity index (χ3n) is 4.43. The van der Waals surface area contributed by atoms with Crippen molar-refractivity contribution < 1.29 is 9.90 Å². The molecule has 0 spiro atoms. The van der Waals surface area contributed by atoms with Gasteiger partial charge in [-0.3, -0.25) is 4.98 Å². The minimum absolute atomic E-state index is 0.126. The summed E-state index contributed by atoms with van der Waals surface area (Å²) in [6.45, 7) is 2.03. The van der Waals surface area contributed by atoms with Crippen LogP contribution < -0.4 is 0 Å². The third-order valence-corrected chi connectivity index (χ3v) is 4.43. The summed E-state index contributed by atoms with van der Waals surface area (Å²) >= 11 is 0. The van der Waals surface area contributed by atoms with E-state index >= 15 is 0 Å². The second kappa shape index (κ2) is 6.88. The van der Waals surface area contributed by atoms with Crippen molar-refractivity contribution in [1.82, 2.24) is 14.8 Å². The Morgan fingerprint density at radius 2 is 1.56 bits per heavy atom. The molecule has 0 saturated carbocycles. The fourth-order valence-electron chi connectivity index (χ4n) is 3.15. The van der Waals surface area contributed by atoms with E-state index in [1.54, 1.807) is 16.9 Å². The summed E-state index contributed by atoms with van der Waals surface area (Å²) in [6, 6.07) is 21.5.